The van der Waals surface area contributed by atoms with E-state index in [1.165, 1.54) is 18.3 Å². The molecule has 46 heavy (non-hydrogen) atoms. The van der Waals surface area contributed by atoms with Crippen molar-refractivity contribution in [3.8, 4) is 11.9 Å². The van der Waals surface area contributed by atoms with Crippen LogP contribution in [0.2, 0.25) is 5.02 Å². The van der Waals surface area contributed by atoms with Gasteiger partial charge in [-0.2, -0.15) is 18.4 Å². The molecule has 3 heterocycles. The van der Waals surface area contributed by atoms with Gasteiger partial charge in [0, 0.05) is 35.4 Å². The molecule has 0 saturated heterocycles. The average molecular weight is 763 g/mol. The minimum atomic E-state index is -4.43. The Bertz CT molecular complexity index is 1920. The molecule has 2 aromatic carbocycles. The summed E-state index contributed by atoms with van der Waals surface area (Å²) in [6.45, 7) is 6.84. The number of ether oxygens (including phenoxy) is 1. The highest BCUT2D eigenvalue weighted by atomic mass is 127. The molecule has 1 aliphatic heterocycles. The summed E-state index contributed by atoms with van der Waals surface area (Å²) in [5, 5.41) is 20.6. The zero-order chi connectivity index (χ0) is 33.0. The Hall–Kier alpha value is -3.74. The number of methoxy groups -OCH3 is 1. The van der Waals surface area contributed by atoms with E-state index in [9.17, 15) is 18.4 Å². The second-order valence-corrected chi connectivity index (χ2v) is 14.0. The lowest BCUT2D eigenvalue weighted by molar-refractivity contribution is -0.196. The number of fused-ring (bicyclic) bond motifs is 2. The number of anilines is 2. The third-order valence-electron chi connectivity index (χ3n) is 8.15. The van der Waals surface area contributed by atoms with E-state index in [0.717, 1.165) is 16.3 Å². The zero-order valence-corrected chi connectivity index (χ0v) is 28.3. The van der Waals surface area contributed by atoms with E-state index in [2.05, 4.69) is 58.4 Å². The van der Waals surface area contributed by atoms with E-state index in [1.54, 1.807) is 12.3 Å². The minimum absolute atomic E-state index is 0.0148. The Balaban J connectivity index is 1.52. The van der Waals surface area contributed by atoms with Crippen LogP contribution in [0.1, 0.15) is 50.8 Å². The van der Waals surface area contributed by atoms with Crippen LogP contribution in [0, 0.1) is 16.7 Å². The van der Waals surface area contributed by atoms with Crippen molar-refractivity contribution < 1.29 is 17.9 Å². The first-order chi connectivity index (χ1) is 21.8. The summed E-state index contributed by atoms with van der Waals surface area (Å²) in [5.41, 5.74) is 7.08. The van der Waals surface area contributed by atoms with Gasteiger partial charge in [-0.25, -0.2) is 4.98 Å². The number of hydrogen-bond donors (Lipinski definition) is 4. The van der Waals surface area contributed by atoms with Crippen LogP contribution >= 0.6 is 34.2 Å². The van der Waals surface area contributed by atoms with Crippen LogP contribution in [0.5, 0.6) is 5.88 Å². The summed E-state index contributed by atoms with van der Waals surface area (Å²) in [6.07, 6.45) is -1.33. The van der Waals surface area contributed by atoms with Crippen LogP contribution in [0.25, 0.3) is 21.7 Å². The van der Waals surface area contributed by atoms with Crippen LogP contribution in [-0.2, 0) is 0 Å². The number of nitrogens with one attached hydrogen (secondary N) is 4. The van der Waals surface area contributed by atoms with E-state index < -0.39 is 17.8 Å². The van der Waals surface area contributed by atoms with E-state index in [4.69, 9.17) is 16.3 Å². The van der Waals surface area contributed by atoms with Crippen LogP contribution in [0.15, 0.2) is 58.2 Å². The summed E-state index contributed by atoms with van der Waals surface area (Å²) in [7, 11) is 1.54. The molecule has 4 N–H and O–H groups in total. The maximum absolute atomic E-state index is 14.2. The molecule has 0 radical (unpaired) electrons. The van der Waals surface area contributed by atoms with Gasteiger partial charge in [-0.05, 0) is 76.1 Å². The lowest BCUT2D eigenvalue weighted by atomic mass is 9.96. The number of nitrogens with zero attached hydrogens (tertiary/aromatic N) is 4. The SMILES string of the molecule is COc1nccc2c([C@H](Nc3cc(Cl)c4ncc(C#N)c(NCC(C)(C)C)c4c3)C3=C(I)N(C4(C(F)(F)F)CC4)NN3)cccc12. The summed E-state index contributed by atoms with van der Waals surface area (Å²) >= 11 is 8.76. The van der Waals surface area contributed by atoms with Gasteiger partial charge in [0.2, 0.25) is 5.88 Å². The minimum Gasteiger partial charge on any atom is -0.481 e. The van der Waals surface area contributed by atoms with Gasteiger partial charge in [0.05, 0.1) is 40.6 Å². The molecule has 1 fully saturated rings. The van der Waals surface area contributed by atoms with Gasteiger partial charge in [-0.15, -0.1) is 5.53 Å². The maximum atomic E-state index is 14.2. The number of hydrogen-bond acceptors (Lipinski definition) is 9. The number of aromatic nitrogens is 2. The molecular formula is C32H31ClF3IN8O. The molecule has 0 spiro atoms. The molecule has 6 rings (SSSR count). The third-order valence-corrected chi connectivity index (χ3v) is 9.50. The average Bonchev–Trinajstić information content (AvgIpc) is 3.74. The Labute approximate surface area is 282 Å². The third kappa shape index (κ3) is 5.71. The van der Waals surface area contributed by atoms with Crippen molar-refractivity contribution in [2.75, 3.05) is 24.3 Å². The van der Waals surface area contributed by atoms with Gasteiger partial charge in [-0.3, -0.25) is 9.99 Å². The number of hydrazine groups is 2. The molecule has 14 heteroatoms. The fraction of sp³-hybridized carbons (Fsp3) is 0.344. The molecule has 0 amide bonds. The molecule has 1 aliphatic carbocycles. The Morgan fingerprint density at radius 3 is 2.57 bits per heavy atom. The fourth-order valence-corrected chi connectivity index (χ4v) is 6.94. The second kappa shape index (κ2) is 11.8. The number of rotatable bonds is 8. The van der Waals surface area contributed by atoms with E-state index in [0.29, 0.717) is 54.7 Å². The highest BCUT2D eigenvalue weighted by Crippen LogP contribution is 2.56. The quantitative estimate of drug-likeness (QED) is 0.105. The molecule has 4 aromatic rings. The van der Waals surface area contributed by atoms with Gasteiger partial charge in [-0.1, -0.05) is 44.5 Å². The lowest BCUT2D eigenvalue weighted by Gasteiger charge is -2.30. The van der Waals surface area contributed by atoms with Crippen molar-refractivity contribution >= 4 is 67.2 Å². The second-order valence-electron chi connectivity index (χ2n) is 12.6. The molecule has 2 aromatic heterocycles. The number of benzene rings is 2. The number of pyridine rings is 2. The van der Waals surface area contributed by atoms with Crippen molar-refractivity contribution in [1.29, 1.82) is 5.26 Å². The Kier molecular flexibility index (Phi) is 8.27. The number of halogens is 5. The Morgan fingerprint density at radius 2 is 1.91 bits per heavy atom. The summed E-state index contributed by atoms with van der Waals surface area (Å²) in [4.78, 5) is 8.80. The topological polar surface area (TPSA) is 110 Å². The van der Waals surface area contributed by atoms with Gasteiger partial charge >= 0.3 is 6.18 Å². The lowest BCUT2D eigenvalue weighted by Crippen LogP contribution is -2.53. The van der Waals surface area contributed by atoms with Crippen LogP contribution in [0.4, 0.5) is 24.5 Å². The van der Waals surface area contributed by atoms with Crippen molar-refractivity contribution in [3.63, 3.8) is 0 Å². The van der Waals surface area contributed by atoms with Crippen molar-refractivity contribution in [2.45, 2.75) is 51.4 Å². The first-order valence-corrected chi connectivity index (χ1v) is 16.0. The first-order valence-electron chi connectivity index (χ1n) is 14.5. The summed E-state index contributed by atoms with van der Waals surface area (Å²) < 4.78 is 48.5. The molecule has 240 valence electrons. The van der Waals surface area contributed by atoms with Crippen LogP contribution in [0.3, 0.4) is 0 Å². The normalized spacial score (nSPS) is 16.7. The molecule has 0 bridgehead atoms. The van der Waals surface area contributed by atoms with E-state index in [1.807, 2.05) is 52.9 Å². The molecule has 2 aliphatic rings. The number of alkyl halides is 3. The smallest absolute Gasteiger partial charge is 0.413 e. The standard InChI is InChI=1S/C32H31ClF3IN8O/c1-30(2,3)16-41-24-17(14-38)15-40-25-22(24)12-18(13-23(25)33)42-26(20-6-5-7-21-19(20)8-11-39-29(21)46-4)27-28(37)45(44-43-27)31(9-10-31)32(34,35)36/h5-8,11-13,15,26,42-44H,9-10,16H2,1-4H3,(H,40,41)/t26-/m0/s1. The summed E-state index contributed by atoms with van der Waals surface area (Å²) in [5.74, 6) is 0.424. The zero-order valence-electron chi connectivity index (χ0n) is 25.4. The first kappa shape index (κ1) is 32.2. The van der Waals surface area contributed by atoms with Crippen LogP contribution in [-0.4, -0.2) is 40.3 Å². The fourth-order valence-electron chi connectivity index (χ4n) is 5.64. The van der Waals surface area contributed by atoms with Gasteiger partial charge in [0.1, 0.15) is 9.77 Å². The van der Waals surface area contributed by atoms with Crippen molar-refractivity contribution in [3.05, 3.63) is 74.3 Å². The van der Waals surface area contributed by atoms with Gasteiger partial charge < -0.3 is 20.8 Å². The van der Waals surface area contributed by atoms with E-state index in [-0.39, 0.29) is 18.3 Å². The predicted octanol–water partition coefficient (Wildman–Crippen LogP) is 7.95. The molecule has 9 nitrogen and oxygen atoms in total. The highest BCUT2D eigenvalue weighted by Gasteiger charge is 2.68. The predicted molar refractivity (Wildman–Crippen MR) is 181 cm³/mol. The largest absolute Gasteiger partial charge is 0.481 e. The number of nitriles is 1. The molecule has 1 saturated carbocycles. The highest BCUT2D eigenvalue weighted by molar-refractivity contribution is 14.1. The summed E-state index contributed by atoms with van der Waals surface area (Å²) in [6, 6.07) is 12.6. The van der Waals surface area contributed by atoms with Crippen molar-refractivity contribution in [1.82, 2.24) is 25.9 Å². The molecule has 1 atom stereocenters. The van der Waals surface area contributed by atoms with E-state index >= 15 is 0 Å². The van der Waals surface area contributed by atoms with Crippen LogP contribution < -0.4 is 26.3 Å². The molecular weight excluding hydrogens is 732 g/mol. The molecule has 0 unspecified atom stereocenters. The van der Waals surface area contributed by atoms with Crippen molar-refractivity contribution in [2.24, 2.45) is 5.41 Å². The van der Waals surface area contributed by atoms with Gasteiger partial charge in [0.25, 0.3) is 0 Å². The van der Waals surface area contributed by atoms with Gasteiger partial charge in [0.15, 0.2) is 5.54 Å². The maximum Gasteiger partial charge on any atom is 0.413 e. The Morgan fingerprint density at radius 1 is 1.15 bits per heavy atom. The monoisotopic (exact) mass is 762 g/mol.